The Kier molecular flexibility index (Phi) is 3.18. The van der Waals surface area contributed by atoms with Gasteiger partial charge >= 0.3 is 0 Å². The fourth-order valence-electron chi connectivity index (χ4n) is 1.79. The topological polar surface area (TPSA) is 51.3 Å². The van der Waals surface area contributed by atoms with Crippen LogP contribution in [-0.2, 0) is 0 Å². The van der Waals surface area contributed by atoms with Gasteiger partial charge in [0.1, 0.15) is 6.10 Å². The van der Waals surface area contributed by atoms with Gasteiger partial charge in [0.25, 0.3) is 0 Å². The molecule has 78 valence electrons. The van der Waals surface area contributed by atoms with Gasteiger partial charge in [-0.2, -0.15) is 0 Å². The minimum absolute atomic E-state index is 0.386. The van der Waals surface area contributed by atoms with Crippen molar-refractivity contribution in [2.75, 3.05) is 32.7 Å². The second-order valence-electron chi connectivity index (χ2n) is 3.69. The number of rotatable bonds is 3. The van der Waals surface area contributed by atoms with Crippen LogP contribution in [0.1, 0.15) is 11.8 Å². The number of H-pyrrole nitrogens is 1. The summed E-state index contributed by atoms with van der Waals surface area (Å²) in [6, 6.07) is 3.84. The molecular formula is C10H17N3O. The van der Waals surface area contributed by atoms with E-state index in [1.54, 1.807) is 0 Å². The molecular weight excluding hydrogens is 178 g/mol. The van der Waals surface area contributed by atoms with E-state index >= 15 is 0 Å². The first-order chi connectivity index (χ1) is 6.86. The van der Waals surface area contributed by atoms with Crippen molar-refractivity contribution >= 4 is 0 Å². The van der Waals surface area contributed by atoms with Gasteiger partial charge in [-0.15, -0.1) is 0 Å². The van der Waals surface area contributed by atoms with E-state index in [0.717, 1.165) is 38.4 Å². The molecule has 2 rings (SSSR count). The van der Waals surface area contributed by atoms with Gasteiger partial charge in [-0.1, -0.05) is 0 Å². The molecule has 0 bridgehead atoms. The highest BCUT2D eigenvalue weighted by molar-refractivity contribution is 5.07. The Labute approximate surface area is 83.9 Å². The first-order valence-electron chi connectivity index (χ1n) is 5.10. The zero-order valence-electron chi connectivity index (χ0n) is 8.24. The highest BCUT2D eigenvalue weighted by Gasteiger charge is 2.15. The number of hydrogen-bond donors (Lipinski definition) is 3. The molecule has 1 unspecified atom stereocenters. The summed E-state index contributed by atoms with van der Waals surface area (Å²) in [5, 5.41) is 13.2. The number of nitrogens with zero attached hydrogens (tertiary/aromatic N) is 1. The van der Waals surface area contributed by atoms with E-state index in [1.807, 2.05) is 18.3 Å². The summed E-state index contributed by atoms with van der Waals surface area (Å²) < 4.78 is 0. The normalized spacial score (nSPS) is 20.9. The van der Waals surface area contributed by atoms with Crippen LogP contribution >= 0.6 is 0 Å². The minimum atomic E-state index is -0.386. The fraction of sp³-hybridized carbons (Fsp3) is 0.600. The monoisotopic (exact) mass is 195 g/mol. The minimum Gasteiger partial charge on any atom is -0.386 e. The van der Waals surface area contributed by atoms with Crippen LogP contribution in [0.5, 0.6) is 0 Å². The van der Waals surface area contributed by atoms with Crippen molar-refractivity contribution in [3.63, 3.8) is 0 Å². The molecule has 0 radical (unpaired) electrons. The van der Waals surface area contributed by atoms with Crippen molar-refractivity contribution in [3.8, 4) is 0 Å². The van der Waals surface area contributed by atoms with Crippen molar-refractivity contribution in [2.24, 2.45) is 0 Å². The second-order valence-corrected chi connectivity index (χ2v) is 3.69. The van der Waals surface area contributed by atoms with Crippen molar-refractivity contribution in [3.05, 3.63) is 24.0 Å². The lowest BCUT2D eigenvalue weighted by Gasteiger charge is -2.28. The zero-order chi connectivity index (χ0) is 9.80. The lowest BCUT2D eigenvalue weighted by Crippen LogP contribution is -2.45. The van der Waals surface area contributed by atoms with E-state index in [-0.39, 0.29) is 6.10 Å². The summed E-state index contributed by atoms with van der Waals surface area (Å²) in [6.45, 7) is 4.83. The van der Waals surface area contributed by atoms with E-state index in [9.17, 15) is 5.11 Å². The molecule has 0 spiro atoms. The van der Waals surface area contributed by atoms with Gasteiger partial charge in [-0.25, -0.2) is 0 Å². The average molecular weight is 195 g/mol. The van der Waals surface area contributed by atoms with Crippen LogP contribution in [0.4, 0.5) is 0 Å². The van der Waals surface area contributed by atoms with Gasteiger partial charge in [-0.05, 0) is 12.1 Å². The van der Waals surface area contributed by atoms with E-state index in [1.165, 1.54) is 0 Å². The van der Waals surface area contributed by atoms with Gasteiger partial charge in [-0.3, -0.25) is 4.90 Å². The number of aromatic nitrogens is 1. The number of nitrogens with one attached hydrogen (secondary N) is 2. The van der Waals surface area contributed by atoms with Gasteiger partial charge < -0.3 is 15.4 Å². The zero-order valence-corrected chi connectivity index (χ0v) is 8.24. The fourth-order valence-corrected chi connectivity index (χ4v) is 1.79. The van der Waals surface area contributed by atoms with Crippen molar-refractivity contribution in [2.45, 2.75) is 6.10 Å². The Hall–Kier alpha value is -0.840. The molecule has 0 aliphatic carbocycles. The molecule has 4 nitrogen and oxygen atoms in total. The molecule has 4 heteroatoms. The number of aromatic amines is 1. The molecule has 2 heterocycles. The lowest BCUT2D eigenvalue weighted by molar-refractivity contribution is 0.103. The Morgan fingerprint density at radius 2 is 2.21 bits per heavy atom. The van der Waals surface area contributed by atoms with Gasteiger partial charge in [0, 0.05) is 44.6 Å². The van der Waals surface area contributed by atoms with Crippen molar-refractivity contribution in [1.82, 2.24) is 15.2 Å². The maximum Gasteiger partial charge on any atom is 0.106 e. The molecule has 1 aromatic rings. The van der Waals surface area contributed by atoms with Gasteiger partial charge in [0.05, 0.1) is 0 Å². The highest BCUT2D eigenvalue weighted by atomic mass is 16.3. The number of aliphatic hydroxyl groups is 1. The maximum atomic E-state index is 9.87. The lowest BCUT2D eigenvalue weighted by atomic mass is 10.2. The second kappa shape index (κ2) is 4.59. The molecule has 1 aromatic heterocycles. The standard InChI is InChI=1S/C10H17N3O/c14-10(9-2-1-3-12-9)8-13-6-4-11-5-7-13/h1-3,10-12,14H,4-8H2. The summed E-state index contributed by atoms with van der Waals surface area (Å²) >= 11 is 0. The van der Waals surface area contributed by atoms with E-state index < -0.39 is 0 Å². The van der Waals surface area contributed by atoms with Crippen molar-refractivity contribution < 1.29 is 5.11 Å². The summed E-state index contributed by atoms with van der Waals surface area (Å²) in [5.74, 6) is 0. The van der Waals surface area contributed by atoms with E-state index in [4.69, 9.17) is 0 Å². The molecule has 1 fully saturated rings. The van der Waals surface area contributed by atoms with Crippen LogP contribution in [0.3, 0.4) is 0 Å². The molecule has 1 saturated heterocycles. The van der Waals surface area contributed by atoms with Gasteiger partial charge in [0.15, 0.2) is 0 Å². The van der Waals surface area contributed by atoms with Crippen LogP contribution in [0.15, 0.2) is 18.3 Å². The van der Waals surface area contributed by atoms with Crippen LogP contribution in [0.25, 0.3) is 0 Å². The Bertz CT molecular complexity index is 254. The number of aliphatic hydroxyl groups excluding tert-OH is 1. The van der Waals surface area contributed by atoms with Gasteiger partial charge in [0.2, 0.25) is 0 Å². The SMILES string of the molecule is OC(CN1CCNCC1)c1ccc[nH]1. The van der Waals surface area contributed by atoms with Crippen LogP contribution < -0.4 is 5.32 Å². The molecule has 14 heavy (non-hydrogen) atoms. The predicted octanol–water partition coefficient (Wildman–Crippen LogP) is -0.0467. The molecule has 1 aliphatic heterocycles. The summed E-state index contributed by atoms with van der Waals surface area (Å²) in [7, 11) is 0. The number of piperazine rings is 1. The molecule has 0 aromatic carbocycles. The van der Waals surface area contributed by atoms with Crippen LogP contribution in [0, 0.1) is 0 Å². The smallest absolute Gasteiger partial charge is 0.106 e. The highest BCUT2D eigenvalue weighted by Crippen LogP contribution is 2.11. The third-order valence-corrected chi connectivity index (χ3v) is 2.62. The molecule has 0 amide bonds. The Balaban J connectivity index is 1.84. The first-order valence-corrected chi connectivity index (χ1v) is 5.10. The molecule has 1 atom stereocenters. The molecule has 3 N–H and O–H groups in total. The van der Waals surface area contributed by atoms with Crippen LogP contribution in [0.2, 0.25) is 0 Å². The summed E-state index contributed by atoms with van der Waals surface area (Å²) in [4.78, 5) is 5.31. The maximum absolute atomic E-state index is 9.87. The Morgan fingerprint density at radius 1 is 1.43 bits per heavy atom. The number of β-amino-alcohol motifs (C(OH)–C–C–N with tert-alkyl or cyclic N) is 1. The largest absolute Gasteiger partial charge is 0.386 e. The van der Waals surface area contributed by atoms with Crippen LogP contribution in [-0.4, -0.2) is 47.7 Å². The average Bonchev–Trinajstić information content (AvgIpc) is 2.72. The third-order valence-electron chi connectivity index (χ3n) is 2.62. The quantitative estimate of drug-likeness (QED) is 0.634. The molecule has 0 saturated carbocycles. The van der Waals surface area contributed by atoms with E-state index in [0.29, 0.717) is 0 Å². The van der Waals surface area contributed by atoms with Crippen molar-refractivity contribution in [1.29, 1.82) is 0 Å². The predicted molar refractivity (Wildman–Crippen MR) is 55.1 cm³/mol. The first kappa shape index (κ1) is 9.71. The third kappa shape index (κ3) is 2.35. The number of hydrogen-bond acceptors (Lipinski definition) is 3. The summed E-state index contributed by atoms with van der Waals surface area (Å²) in [5.41, 5.74) is 0.906. The van der Waals surface area contributed by atoms with E-state index in [2.05, 4.69) is 15.2 Å². The summed E-state index contributed by atoms with van der Waals surface area (Å²) in [6.07, 6.45) is 1.46. The molecule has 1 aliphatic rings. The Morgan fingerprint density at radius 3 is 2.86 bits per heavy atom.